The van der Waals surface area contributed by atoms with Gasteiger partial charge in [-0.25, -0.2) is 9.97 Å². The Hall–Kier alpha value is -4.31. The minimum atomic E-state index is -0.226. The number of para-hydroxylation sites is 1. The first-order valence-electron chi connectivity index (χ1n) is 9.83. The molecule has 1 atom stereocenters. The molecule has 0 radical (unpaired) electrons. The molecule has 4 rings (SSSR count). The molecular weight excluding hydrogens is 388 g/mol. The lowest BCUT2D eigenvalue weighted by Crippen LogP contribution is -2.23. The van der Waals surface area contributed by atoms with Gasteiger partial charge in [0.15, 0.2) is 0 Å². The molecule has 0 bridgehead atoms. The van der Waals surface area contributed by atoms with Crippen molar-refractivity contribution >= 4 is 5.82 Å². The molecule has 0 spiro atoms. The van der Waals surface area contributed by atoms with E-state index in [4.69, 9.17) is 10.8 Å². The van der Waals surface area contributed by atoms with Crippen LogP contribution in [0.4, 0.5) is 5.82 Å². The van der Waals surface area contributed by atoms with Gasteiger partial charge in [-0.15, -0.1) is 0 Å². The summed E-state index contributed by atoms with van der Waals surface area (Å²) in [6, 6.07) is 22.7. The van der Waals surface area contributed by atoms with Crippen LogP contribution < -0.4 is 11.3 Å². The number of hydrogen-bond acceptors (Lipinski definition) is 6. The van der Waals surface area contributed by atoms with E-state index in [-0.39, 0.29) is 22.9 Å². The lowest BCUT2D eigenvalue weighted by atomic mass is 9.91. The summed E-state index contributed by atoms with van der Waals surface area (Å²) >= 11 is 0. The summed E-state index contributed by atoms with van der Waals surface area (Å²) in [6.07, 6.45) is 1.77. The Balaban J connectivity index is 1.84. The van der Waals surface area contributed by atoms with Crippen LogP contribution >= 0.6 is 0 Å². The first kappa shape index (κ1) is 20.0. The van der Waals surface area contributed by atoms with E-state index in [0.717, 1.165) is 11.1 Å². The minimum Gasteiger partial charge on any atom is -0.382 e. The number of nitrogen functional groups attached to an aromatic ring is 1. The molecule has 2 aromatic heterocycles. The second-order valence-corrected chi connectivity index (χ2v) is 7.20. The molecule has 0 amide bonds. The highest BCUT2D eigenvalue weighted by Crippen LogP contribution is 2.29. The summed E-state index contributed by atoms with van der Waals surface area (Å²) < 4.78 is 1.40. The fourth-order valence-corrected chi connectivity index (χ4v) is 3.53. The first-order chi connectivity index (χ1) is 15.1. The number of nitrogens with zero attached hydrogens (tertiary/aromatic N) is 5. The predicted molar refractivity (Wildman–Crippen MR) is 119 cm³/mol. The van der Waals surface area contributed by atoms with E-state index in [2.05, 4.69) is 16.0 Å². The zero-order valence-electron chi connectivity index (χ0n) is 16.9. The van der Waals surface area contributed by atoms with Crippen LogP contribution in [0, 0.1) is 11.3 Å². The summed E-state index contributed by atoms with van der Waals surface area (Å²) in [4.78, 5) is 21.1. The predicted octanol–water partition coefficient (Wildman–Crippen LogP) is 3.49. The summed E-state index contributed by atoms with van der Waals surface area (Å²) in [5.74, 6) is 0.0165. The van der Waals surface area contributed by atoms with E-state index in [1.807, 2.05) is 67.6 Å². The number of rotatable bonds is 5. The van der Waals surface area contributed by atoms with E-state index in [0.29, 0.717) is 23.5 Å². The van der Waals surface area contributed by atoms with Gasteiger partial charge in [0.2, 0.25) is 0 Å². The van der Waals surface area contributed by atoms with Crippen molar-refractivity contribution < 1.29 is 0 Å². The zero-order valence-corrected chi connectivity index (χ0v) is 16.9. The van der Waals surface area contributed by atoms with Crippen molar-refractivity contribution in [1.29, 1.82) is 5.26 Å². The Morgan fingerprint density at radius 1 is 1.06 bits per heavy atom. The van der Waals surface area contributed by atoms with E-state index >= 15 is 0 Å². The minimum absolute atomic E-state index is 0.137. The van der Waals surface area contributed by atoms with Gasteiger partial charge in [0.05, 0.1) is 17.1 Å². The lowest BCUT2D eigenvalue weighted by Gasteiger charge is -2.18. The van der Waals surface area contributed by atoms with Crippen LogP contribution in [-0.2, 0) is 6.42 Å². The summed E-state index contributed by atoms with van der Waals surface area (Å²) in [6.45, 7) is 1.98. The Morgan fingerprint density at radius 2 is 1.74 bits per heavy atom. The van der Waals surface area contributed by atoms with E-state index < -0.39 is 0 Å². The number of benzene rings is 2. The van der Waals surface area contributed by atoms with Gasteiger partial charge in [0, 0.05) is 11.6 Å². The van der Waals surface area contributed by atoms with Crippen molar-refractivity contribution in [3.8, 4) is 23.0 Å². The highest BCUT2D eigenvalue weighted by Gasteiger charge is 2.20. The molecule has 2 heterocycles. The third kappa shape index (κ3) is 4.05. The fraction of sp³-hybridized carbons (Fsp3) is 0.125. The van der Waals surface area contributed by atoms with Crippen molar-refractivity contribution in [3.63, 3.8) is 0 Å². The smallest absolute Gasteiger partial charge is 0.271 e. The molecule has 152 valence electrons. The maximum absolute atomic E-state index is 13.0. The molecule has 31 heavy (non-hydrogen) atoms. The highest BCUT2D eigenvalue weighted by molar-refractivity contribution is 5.63. The molecule has 0 saturated heterocycles. The molecule has 0 aliphatic rings. The third-order valence-corrected chi connectivity index (χ3v) is 5.11. The Kier molecular flexibility index (Phi) is 5.54. The molecule has 4 aromatic rings. The Bertz CT molecular complexity index is 1310. The number of nitrogens with two attached hydrogens (primary N) is 1. The van der Waals surface area contributed by atoms with E-state index in [1.165, 1.54) is 11.0 Å². The average Bonchev–Trinajstić information content (AvgIpc) is 2.80. The van der Waals surface area contributed by atoms with Crippen LogP contribution in [0.15, 0.2) is 77.9 Å². The van der Waals surface area contributed by atoms with Crippen molar-refractivity contribution in [2.45, 2.75) is 19.3 Å². The van der Waals surface area contributed by atoms with Crippen LogP contribution in [0.25, 0.3) is 16.9 Å². The highest BCUT2D eigenvalue weighted by atomic mass is 16.1. The van der Waals surface area contributed by atoms with Crippen molar-refractivity contribution in [2.24, 2.45) is 0 Å². The second kappa shape index (κ2) is 8.59. The fourth-order valence-electron chi connectivity index (χ4n) is 3.53. The molecule has 0 saturated carbocycles. The van der Waals surface area contributed by atoms with Gasteiger partial charge in [-0.1, -0.05) is 55.5 Å². The molecule has 2 N–H and O–H groups in total. The van der Waals surface area contributed by atoms with Crippen molar-refractivity contribution in [3.05, 3.63) is 100 Å². The molecule has 7 heteroatoms. The van der Waals surface area contributed by atoms with Gasteiger partial charge in [0.25, 0.3) is 5.56 Å². The van der Waals surface area contributed by atoms with Gasteiger partial charge in [-0.3, -0.25) is 4.79 Å². The van der Waals surface area contributed by atoms with E-state index in [9.17, 15) is 10.1 Å². The summed E-state index contributed by atoms with van der Waals surface area (Å²) in [5, 5.41) is 14.2. The number of aromatic nitrogens is 4. The molecule has 0 aliphatic carbocycles. The van der Waals surface area contributed by atoms with Gasteiger partial charge in [-0.2, -0.15) is 15.0 Å². The maximum atomic E-state index is 13.0. The Morgan fingerprint density at radius 3 is 2.42 bits per heavy atom. The largest absolute Gasteiger partial charge is 0.382 e. The van der Waals surface area contributed by atoms with Crippen LogP contribution in [0.5, 0.6) is 0 Å². The normalized spacial score (nSPS) is 11.6. The topological polar surface area (TPSA) is 110 Å². The number of hydrogen-bond donors (Lipinski definition) is 1. The number of nitriles is 1. The van der Waals surface area contributed by atoms with Gasteiger partial charge < -0.3 is 5.73 Å². The van der Waals surface area contributed by atoms with Crippen molar-refractivity contribution in [1.82, 2.24) is 19.7 Å². The van der Waals surface area contributed by atoms with Gasteiger partial charge in [-0.05, 0) is 30.0 Å². The zero-order chi connectivity index (χ0) is 21.8. The monoisotopic (exact) mass is 408 g/mol. The maximum Gasteiger partial charge on any atom is 0.271 e. The van der Waals surface area contributed by atoms with Gasteiger partial charge >= 0.3 is 0 Å². The molecule has 2 aromatic carbocycles. The molecule has 7 nitrogen and oxygen atoms in total. The third-order valence-electron chi connectivity index (χ3n) is 5.11. The standard InChI is InChI=1S/C24H20N6O/c1-16(12-21-20(14-25)24(26)28-15-27-21)19-13-22(31)30(18-10-6-3-7-11-18)29-23(19)17-8-4-2-5-9-17/h2-11,13,15-16H,12H2,1H3,(H2,26,27,28). The van der Waals surface area contributed by atoms with Crippen molar-refractivity contribution in [2.75, 3.05) is 5.73 Å². The Labute approximate surface area is 179 Å². The average molecular weight is 408 g/mol. The molecule has 0 aliphatic heterocycles. The quantitative estimate of drug-likeness (QED) is 0.541. The van der Waals surface area contributed by atoms with Crippen LogP contribution in [0.1, 0.15) is 29.7 Å². The summed E-state index contributed by atoms with van der Waals surface area (Å²) in [7, 11) is 0. The van der Waals surface area contributed by atoms with Crippen LogP contribution in [0.2, 0.25) is 0 Å². The molecule has 1 unspecified atom stereocenters. The lowest BCUT2D eigenvalue weighted by molar-refractivity contribution is 0.712. The van der Waals surface area contributed by atoms with Crippen LogP contribution in [0.3, 0.4) is 0 Å². The van der Waals surface area contributed by atoms with E-state index in [1.54, 1.807) is 6.07 Å². The molecular formula is C24H20N6O. The first-order valence-corrected chi connectivity index (χ1v) is 9.83. The number of anilines is 1. The van der Waals surface area contributed by atoms with Crippen LogP contribution in [-0.4, -0.2) is 19.7 Å². The molecule has 0 fully saturated rings. The van der Waals surface area contributed by atoms with Gasteiger partial charge in [0.1, 0.15) is 23.8 Å². The summed E-state index contributed by atoms with van der Waals surface area (Å²) in [5.41, 5.74) is 9.51. The second-order valence-electron chi connectivity index (χ2n) is 7.20. The SMILES string of the molecule is CC(Cc1ncnc(N)c1C#N)c1cc(=O)n(-c2ccccc2)nc1-c1ccccc1.